The predicted molar refractivity (Wildman–Crippen MR) is 120 cm³/mol. The lowest BCUT2D eigenvalue weighted by Crippen LogP contribution is -2.74. The van der Waals surface area contributed by atoms with Gasteiger partial charge < -0.3 is 14.5 Å². The highest BCUT2D eigenvalue weighted by molar-refractivity contribution is 6.77. The number of cyclic esters (lactones) is 1. The van der Waals surface area contributed by atoms with Gasteiger partial charge in [-0.1, -0.05) is 71.9 Å². The molecule has 2 saturated heterocycles. The number of carbonyl (C=O) groups is 2. The van der Waals surface area contributed by atoms with Gasteiger partial charge in [0.25, 0.3) is 0 Å². The van der Waals surface area contributed by atoms with E-state index in [4.69, 9.17) is 9.16 Å². The predicted octanol–water partition coefficient (Wildman–Crippen LogP) is 4.63. The highest BCUT2D eigenvalue weighted by atomic mass is 28.4. The molecule has 166 valence electrons. The summed E-state index contributed by atoms with van der Waals surface area (Å²) in [7, 11) is -2.11. The van der Waals surface area contributed by atoms with Gasteiger partial charge in [0.05, 0.1) is 18.2 Å². The van der Waals surface area contributed by atoms with Crippen molar-refractivity contribution >= 4 is 20.3 Å². The molecule has 30 heavy (non-hydrogen) atoms. The van der Waals surface area contributed by atoms with Gasteiger partial charge in [-0.3, -0.25) is 9.69 Å². The number of rotatable bonds is 8. The molecule has 0 unspecified atom stereocenters. The first kappa shape index (κ1) is 22.8. The van der Waals surface area contributed by atoms with E-state index in [0.29, 0.717) is 16.6 Å². The number of benzene rings is 1. The van der Waals surface area contributed by atoms with Gasteiger partial charge in [-0.05, 0) is 29.1 Å². The van der Waals surface area contributed by atoms with E-state index >= 15 is 0 Å². The SMILES string of the molecule is CC(C)[Si](O[C@@H](C)[C@@H]1NC(=O)[C@H]1N1C(=O)OC[C@H]1c1ccccc1)(C(C)C)C(C)C. The van der Waals surface area contributed by atoms with E-state index in [0.717, 1.165) is 5.56 Å². The normalized spacial score (nSPS) is 25.5. The number of amides is 2. The van der Waals surface area contributed by atoms with Crippen molar-refractivity contribution in [1.29, 1.82) is 0 Å². The van der Waals surface area contributed by atoms with E-state index in [1.165, 1.54) is 0 Å². The summed E-state index contributed by atoms with van der Waals surface area (Å²) < 4.78 is 12.2. The van der Waals surface area contributed by atoms with Gasteiger partial charge in [0.1, 0.15) is 12.6 Å². The average Bonchev–Trinajstić information content (AvgIpc) is 3.04. The zero-order chi connectivity index (χ0) is 22.2. The summed E-state index contributed by atoms with van der Waals surface area (Å²) in [6, 6.07) is 8.69. The molecule has 2 fully saturated rings. The van der Waals surface area contributed by atoms with E-state index in [-0.39, 0.29) is 30.7 Å². The van der Waals surface area contributed by atoms with Crippen LogP contribution in [-0.4, -0.2) is 50.0 Å². The van der Waals surface area contributed by atoms with E-state index in [2.05, 4.69) is 46.9 Å². The van der Waals surface area contributed by atoms with Crippen molar-refractivity contribution in [1.82, 2.24) is 10.2 Å². The van der Waals surface area contributed by atoms with Crippen LogP contribution in [-0.2, 0) is 14.0 Å². The van der Waals surface area contributed by atoms with E-state index in [1.807, 2.05) is 37.3 Å². The lowest BCUT2D eigenvalue weighted by molar-refractivity contribution is -0.139. The molecule has 0 aromatic heterocycles. The Kier molecular flexibility index (Phi) is 6.62. The van der Waals surface area contributed by atoms with Crippen LogP contribution in [0.2, 0.25) is 16.6 Å². The molecule has 3 rings (SSSR count). The fraction of sp³-hybridized carbons (Fsp3) is 0.652. The highest BCUT2D eigenvalue weighted by Gasteiger charge is 2.55. The van der Waals surface area contributed by atoms with Crippen LogP contribution in [0.5, 0.6) is 0 Å². The molecule has 0 spiro atoms. The molecule has 6 nitrogen and oxygen atoms in total. The van der Waals surface area contributed by atoms with Crippen molar-refractivity contribution in [3.05, 3.63) is 35.9 Å². The minimum atomic E-state index is -2.11. The standard InChI is InChI=1S/C23H36N2O4Si/c1-14(2)30(15(3)4,16(5)6)29-17(7)20-21(22(26)24-20)25-19(13-28-23(25)27)18-11-9-8-10-12-18/h8-12,14-17,19-21H,13H2,1-7H3,(H,24,26)/t17-,19-,20-,21-/m0/s1. The fourth-order valence-corrected chi connectivity index (χ4v) is 11.2. The number of nitrogens with zero attached hydrogens (tertiary/aromatic N) is 1. The Morgan fingerprint density at radius 2 is 1.57 bits per heavy atom. The quantitative estimate of drug-likeness (QED) is 0.480. The van der Waals surface area contributed by atoms with Gasteiger partial charge in [0.15, 0.2) is 0 Å². The van der Waals surface area contributed by atoms with Crippen LogP contribution in [0.4, 0.5) is 4.79 Å². The first-order valence-corrected chi connectivity index (χ1v) is 13.2. The van der Waals surface area contributed by atoms with Crippen LogP contribution in [0.25, 0.3) is 0 Å². The topological polar surface area (TPSA) is 67.9 Å². The molecular weight excluding hydrogens is 396 g/mol. The average molecular weight is 433 g/mol. The number of nitrogens with one attached hydrogen (secondary N) is 1. The third-order valence-electron chi connectivity index (χ3n) is 6.92. The van der Waals surface area contributed by atoms with Gasteiger partial charge >= 0.3 is 6.09 Å². The summed E-state index contributed by atoms with van der Waals surface area (Å²) in [5, 5.41) is 3.01. The summed E-state index contributed by atoms with van der Waals surface area (Å²) in [5.41, 5.74) is 2.32. The van der Waals surface area contributed by atoms with Crippen molar-refractivity contribution in [2.75, 3.05) is 6.61 Å². The third kappa shape index (κ3) is 3.78. The maximum absolute atomic E-state index is 12.6. The highest BCUT2D eigenvalue weighted by Crippen LogP contribution is 2.44. The van der Waals surface area contributed by atoms with Gasteiger partial charge in [0, 0.05) is 0 Å². The Labute approximate surface area is 181 Å². The molecule has 0 radical (unpaired) electrons. The fourth-order valence-electron chi connectivity index (χ4n) is 5.54. The molecular formula is C23H36N2O4Si. The molecule has 7 heteroatoms. The van der Waals surface area contributed by atoms with E-state index < -0.39 is 20.5 Å². The molecule has 1 aromatic carbocycles. The monoisotopic (exact) mass is 432 g/mol. The summed E-state index contributed by atoms with van der Waals surface area (Å²) in [5.74, 6) is -0.138. The van der Waals surface area contributed by atoms with Crippen LogP contribution in [0, 0.1) is 0 Å². The second-order valence-electron chi connectivity index (χ2n) is 9.53. The van der Waals surface area contributed by atoms with Crippen LogP contribution in [0.15, 0.2) is 30.3 Å². The minimum absolute atomic E-state index is 0.138. The van der Waals surface area contributed by atoms with E-state index in [9.17, 15) is 9.59 Å². The summed E-state index contributed by atoms with van der Waals surface area (Å²) >= 11 is 0. The minimum Gasteiger partial charge on any atom is -0.447 e. The first-order valence-electron chi connectivity index (χ1n) is 11.1. The van der Waals surface area contributed by atoms with Crippen LogP contribution >= 0.6 is 0 Å². The Morgan fingerprint density at radius 3 is 2.07 bits per heavy atom. The van der Waals surface area contributed by atoms with Crippen LogP contribution < -0.4 is 5.32 Å². The number of carbonyl (C=O) groups excluding carboxylic acids is 2. The van der Waals surface area contributed by atoms with Gasteiger partial charge in [0.2, 0.25) is 14.2 Å². The molecule has 2 heterocycles. The summed E-state index contributed by atoms with van der Waals surface area (Å²) in [6.07, 6.45) is -0.614. The van der Waals surface area contributed by atoms with Crippen LogP contribution in [0.1, 0.15) is 60.1 Å². The molecule has 4 atom stereocenters. The third-order valence-corrected chi connectivity index (χ3v) is 13.1. The molecule has 2 aliphatic rings. The molecule has 0 aliphatic carbocycles. The second-order valence-corrected chi connectivity index (χ2v) is 14.9. The second kappa shape index (κ2) is 8.71. The number of hydrogen-bond acceptors (Lipinski definition) is 4. The molecule has 1 aromatic rings. The lowest BCUT2D eigenvalue weighted by Gasteiger charge is -2.50. The van der Waals surface area contributed by atoms with Crippen molar-refractivity contribution in [2.45, 2.75) is 89.3 Å². The Bertz CT molecular complexity index is 746. The van der Waals surface area contributed by atoms with Crippen molar-refractivity contribution in [2.24, 2.45) is 0 Å². The zero-order valence-corrected chi connectivity index (χ0v) is 20.2. The molecule has 0 bridgehead atoms. The Hall–Kier alpha value is -1.86. The van der Waals surface area contributed by atoms with Crippen molar-refractivity contribution < 1.29 is 18.8 Å². The number of hydrogen-bond donors (Lipinski definition) is 1. The van der Waals surface area contributed by atoms with Gasteiger partial charge in [-0.25, -0.2) is 4.79 Å². The molecule has 1 N–H and O–H groups in total. The smallest absolute Gasteiger partial charge is 0.411 e. The van der Waals surface area contributed by atoms with Crippen molar-refractivity contribution in [3.8, 4) is 0 Å². The Morgan fingerprint density at radius 1 is 1.00 bits per heavy atom. The van der Waals surface area contributed by atoms with Crippen molar-refractivity contribution in [3.63, 3.8) is 0 Å². The maximum atomic E-state index is 12.6. The zero-order valence-electron chi connectivity index (χ0n) is 19.2. The maximum Gasteiger partial charge on any atom is 0.411 e. The molecule has 2 amide bonds. The largest absolute Gasteiger partial charge is 0.447 e. The number of β-lactam (4-membered cyclic amide) rings is 1. The first-order chi connectivity index (χ1) is 14.1. The molecule has 0 saturated carbocycles. The van der Waals surface area contributed by atoms with Gasteiger partial charge in [-0.15, -0.1) is 0 Å². The van der Waals surface area contributed by atoms with Gasteiger partial charge in [-0.2, -0.15) is 0 Å². The summed E-state index contributed by atoms with van der Waals surface area (Å²) in [6.45, 7) is 15.8. The van der Waals surface area contributed by atoms with Crippen LogP contribution in [0.3, 0.4) is 0 Å². The lowest BCUT2D eigenvalue weighted by atomic mass is 9.91. The Balaban J connectivity index is 1.85. The summed E-state index contributed by atoms with van der Waals surface area (Å²) in [4.78, 5) is 26.8. The number of ether oxygens (including phenoxy) is 1. The van der Waals surface area contributed by atoms with E-state index in [1.54, 1.807) is 4.90 Å². The molecule has 2 aliphatic heterocycles.